The molecule has 134 valence electrons. The molecule has 2 aromatic carbocycles. The highest BCUT2D eigenvalue weighted by Gasteiger charge is 2.35. The van der Waals surface area contributed by atoms with E-state index in [-0.39, 0.29) is 6.04 Å². The van der Waals surface area contributed by atoms with E-state index in [1.165, 1.54) is 15.0 Å². The minimum absolute atomic E-state index is 0.0638. The molecule has 0 amide bonds. The third-order valence-corrected chi connectivity index (χ3v) is 6.48. The molecule has 0 bridgehead atoms. The number of likely N-dealkylation sites (tertiary alicyclic amines) is 1. The molecule has 2 heterocycles. The zero-order valence-corrected chi connectivity index (χ0v) is 15.8. The number of aliphatic carboxylic acids is 1. The van der Waals surface area contributed by atoms with Crippen molar-refractivity contribution in [3.63, 3.8) is 0 Å². The van der Waals surface area contributed by atoms with Gasteiger partial charge in [0.15, 0.2) is 0 Å². The molecule has 1 N–H and O–H groups in total. The molecule has 1 aliphatic heterocycles. The van der Waals surface area contributed by atoms with E-state index >= 15 is 0 Å². The summed E-state index contributed by atoms with van der Waals surface area (Å²) in [6.07, 6.45) is 2.69. The highest BCUT2D eigenvalue weighted by atomic mass is 35.5. The topological polar surface area (TPSA) is 40.5 Å². The number of carboxylic acids is 1. The van der Waals surface area contributed by atoms with Crippen LogP contribution in [0.5, 0.6) is 0 Å². The Hall–Kier alpha value is -1.88. The van der Waals surface area contributed by atoms with Crippen LogP contribution in [0.2, 0.25) is 5.02 Å². The maximum atomic E-state index is 11.9. The number of rotatable bonds is 4. The van der Waals surface area contributed by atoms with Crippen molar-refractivity contribution < 1.29 is 9.90 Å². The summed E-state index contributed by atoms with van der Waals surface area (Å²) >= 11 is 7.83. The monoisotopic (exact) mass is 385 g/mol. The smallest absolute Gasteiger partial charge is 0.320 e. The van der Waals surface area contributed by atoms with Crippen molar-refractivity contribution in [3.8, 4) is 0 Å². The SMILES string of the molecule is O=C(O)C1CCCCN1C(c1ccc(Cl)cc1)c1cc2ccccc2s1. The van der Waals surface area contributed by atoms with Crippen LogP contribution in [0.15, 0.2) is 54.6 Å². The van der Waals surface area contributed by atoms with Crippen LogP contribution in [0, 0.1) is 0 Å². The molecule has 2 atom stereocenters. The molecule has 0 spiro atoms. The molecule has 26 heavy (non-hydrogen) atoms. The van der Waals surface area contributed by atoms with Gasteiger partial charge in [-0.2, -0.15) is 0 Å². The van der Waals surface area contributed by atoms with Gasteiger partial charge in [0.25, 0.3) is 0 Å². The van der Waals surface area contributed by atoms with E-state index in [0.29, 0.717) is 11.4 Å². The first-order valence-corrected chi connectivity index (χ1v) is 10.1. The molecule has 1 fully saturated rings. The third kappa shape index (κ3) is 3.37. The zero-order chi connectivity index (χ0) is 18.1. The minimum Gasteiger partial charge on any atom is -0.480 e. The molecule has 2 unspecified atom stereocenters. The lowest BCUT2D eigenvalue weighted by Gasteiger charge is -2.39. The maximum absolute atomic E-state index is 11.9. The summed E-state index contributed by atoms with van der Waals surface area (Å²) in [6.45, 7) is 0.790. The molecule has 4 rings (SSSR count). The molecule has 1 aromatic heterocycles. The molecule has 0 aliphatic carbocycles. The average molecular weight is 386 g/mol. The number of hydrogen-bond donors (Lipinski definition) is 1. The van der Waals surface area contributed by atoms with Gasteiger partial charge in [0.2, 0.25) is 0 Å². The fourth-order valence-corrected chi connectivity index (χ4v) is 5.17. The normalized spacial score (nSPS) is 19.5. The van der Waals surface area contributed by atoms with Gasteiger partial charge in [0, 0.05) is 14.6 Å². The van der Waals surface area contributed by atoms with E-state index < -0.39 is 12.0 Å². The van der Waals surface area contributed by atoms with Gasteiger partial charge in [0.1, 0.15) is 6.04 Å². The Morgan fingerprint density at radius 1 is 1.15 bits per heavy atom. The number of carboxylic acid groups (broad SMARTS) is 1. The number of fused-ring (bicyclic) bond motifs is 1. The van der Waals surface area contributed by atoms with Crippen LogP contribution in [-0.2, 0) is 4.79 Å². The van der Waals surface area contributed by atoms with Crippen molar-refractivity contribution in [3.05, 3.63) is 70.1 Å². The predicted octanol–water partition coefficient (Wildman–Crippen LogP) is 5.58. The standard InChI is InChI=1S/C21H20ClNO2S/c22-16-10-8-14(9-11-16)20(23-12-4-3-6-17(23)21(24)25)19-13-15-5-1-2-7-18(15)26-19/h1-2,5,7-11,13,17,20H,3-4,6,12H2,(H,24,25). The van der Waals surface area contributed by atoms with Crippen LogP contribution in [0.1, 0.15) is 35.7 Å². The van der Waals surface area contributed by atoms with Gasteiger partial charge in [0.05, 0.1) is 6.04 Å². The molecule has 1 aliphatic rings. The molecule has 0 saturated carbocycles. The summed E-state index contributed by atoms with van der Waals surface area (Å²) in [6, 6.07) is 17.8. The highest BCUT2D eigenvalue weighted by molar-refractivity contribution is 7.19. The van der Waals surface area contributed by atoms with Crippen molar-refractivity contribution >= 4 is 39.0 Å². The van der Waals surface area contributed by atoms with Crippen molar-refractivity contribution in [2.24, 2.45) is 0 Å². The molecule has 0 radical (unpaired) electrons. The Morgan fingerprint density at radius 2 is 1.92 bits per heavy atom. The number of benzene rings is 2. The largest absolute Gasteiger partial charge is 0.480 e. The summed E-state index contributed by atoms with van der Waals surface area (Å²) in [7, 11) is 0. The molecule has 3 nitrogen and oxygen atoms in total. The maximum Gasteiger partial charge on any atom is 0.320 e. The Bertz CT molecular complexity index is 888. The van der Waals surface area contributed by atoms with Crippen LogP contribution in [0.4, 0.5) is 0 Å². The van der Waals surface area contributed by atoms with Crippen LogP contribution in [0.3, 0.4) is 0 Å². The van der Waals surface area contributed by atoms with E-state index in [0.717, 1.165) is 24.9 Å². The number of carbonyl (C=O) groups is 1. The average Bonchev–Trinajstić information content (AvgIpc) is 3.07. The van der Waals surface area contributed by atoms with Gasteiger partial charge < -0.3 is 5.11 Å². The van der Waals surface area contributed by atoms with E-state index in [4.69, 9.17) is 11.6 Å². The van der Waals surface area contributed by atoms with Gasteiger partial charge in [-0.25, -0.2) is 0 Å². The molecular weight excluding hydrogens is 366 g/mol. The van der Waals surface area contributed by atoms with Crippen LogP contribution >= 0.6 is 22.9 Å². The summed E-state index contributed by atoms with van der Waals surface area (Å²) in [5.74, 6) is -0.732. The molecule has 1 saturated heterocycles. The van der Waals surface area contributed by atoms with Gasteiger partial charge in [-0.1, -0.05) is 48.4 Å². The number of hydrogen-bond acceptors (Lipinski definition) is 3. The lowest BCUT2D eigenvalue weighted by molar-refractivity contribution is -0.145. The predicted molar refractivity (Wildman–Crippen MR) is 107 cm³/mol. The van der Waals surface area contributed by atoms with Gasteiger partial charge in [-0.15, -0.1) is 11.3 Å². The van der Waals surface area contributed by atoms with Gasteiger partial charge in [-0.3, -0.25) is 9.69 Å². The number of thiophene rings is 1. The molecule has 5 heteroatoms. The Morgan fingerprint density at radius 3 is 2.65 bits per heavy atom. The van der Waals surface area contributed by atoms with E-state index in [2.05, 4.69) is 23.1 Å². The number of halogens is 1. The van der Waals surface area contributed by atoms with Crippen LogP contribution in [0.25, 0.3) is 10.1 Å². The zero-order valence-electron chi connectivity index (χ0n) is 14.3. The lowest BCUT2D eigenvalue weighted by Crippen LogP contribution is -2.46. The third-order valence-electron chi connectivity index (χ3n) is 5.06. The lowest BCUT2D eigenvalue weighted by atomic mass is 9.95. The van der Waals surface area contributed by atoms with Gasteiger partial charge in [-0.05, 0) is 54.6 Å². The first kappa shape index (κ1) is 17.5. The second-order valence-corrected chi connectivity index (χ2v) is 8.28. The van der Waals surface area contributed by atoms with E-state index in [9.17, 15) is 9.90 Å². The van der Waals surface area contributed by atoms with E-state index in [1.54, 1.807) is 11.3 Å². The highest BCUT2D eigenvalue weighted by Crippen LogP contribution is 2.40. The molecular formula is C21H20ClNO2S. The van der Waals surface area contributed by atoms with Crippen LogP contribution < -0.4 is 0 Å². The molecule has 3 aromatic rings. The van der Waals surface area contributed by atoms with Crippen LogP contribution in [-0.4, -0.2) is 28.6 Å². The Kier molecular flexibility index (Phi) is 4.98. The fraction of sp³-hybridized carbons (Fsp3) is 0.286. The fourth-order valence-electron chi connectivity index (χ4n) is 3.83. The van der Waals surface area contributed by atoms with Crippen molar-refractivity contribution in [2.75, 3.05) is 6.54 Å². The number of nitrogens with zero attached hydrogens (tertiary/aromatic N) is 1. The second kappa shape index (κ2) is 7.39. The summed E-state index contributed by atoms with van der Waals surface area (Å²) in [4.78, 5) is 15.2. The van der Waals surface area contributed by atoms with Crippen molar-refractivity contribution in [1.82, 2.24) is 4.90 Å². The summed E-state index contributed by atoms with van der Waals surface area (Å²) in [5, 5.41) is 11.7. The second-order valence-electron chi connectivity index (χ2n) is 6.73. The Labute approximate surface area is 161 Å². The van der Waals surface area contributed by atoms with E-state index in [1.807, 2.05) is 36.4 Å². The quantitative estimate of drug-likeness (QED) is 0.637. The van der Waals surface area contributed by atoms with Crippen molar-refractivity contribution in [1.29, 1.82) is 0 Å². The minimum atomic E-state index is -0.732. The first-order chi connectivity index (χ1) is 12.6. The Balaban J connectivity index is 1.83. The van der Waals surface area contributed by atoms with Gasteiger partial charge >= 0.3 is 5.97 Å². The summed E-state index contributed by atoms with van der Waals surface area (Å²) < 4.78 is 1.23. The number of piperidine rings is 1. The van der Waals surface area contributed by atoms with Crippen molar-refractivity contribution in [2.45, 2.75) is 31.3 Å². The summed E-state index contributed by atoms with van der Waals surface area (Å²) in [5.41, 5.74) is 1.09. The first-order valence-electron chi connectivity index (χ1n) is 8.86.